The van der Waals surface area contributed by atoms with Gasteiger partial charge in [0.1, 0.15) is 28.6 Å². The maximum absolute atomic E-state index is 10.9. The van der Waals surface area contributed by atoms with Gasteiger partial charge in [-0.25, -0.2) is 9.67 Å². The molecule has 0 saturated heterocycles. The highest BCUT2D eigenvalue weighted by atomic mass is 32.1. The Balaban J connectivity index is 1.57. The van der Waals surface area contributed by atoms with Crippen LogP contribution >= 0.6 is 11.3 Å². The molecule has 1 fully saturated rings. The largest absolute Gasteiger partial charge is 0.380 e. The Morgan fingerprint density at radius 3 is 2.92 bits per heavy atom. The number of fused-ring (bicyclic) bond motifs is 1. The molecule has 1 atom stereocenters. The third kappa shape index (κ3) is 2.09. The Labute approximate surface area is 141 Å². The van der Waals surface area contributed by atoms with Gasteiger partial charge in [0, 0.05) is 11.9 Å². The van der Waals surface area contributed by atoms with Crippen LogP contribution in [0.2, 0.25) is 0 Å². The second-order valence-electron chi connectivity index (χ2n) is 6.09. The minimum atomic E-state index is -0.825. The molecule has 1 N–H and O–H groups in total. The molecule has 0 bridgehead atoms. The summed E-state index contributed by atoms with van der Waals surface area (Å²) in [5.74, 6) is 0.549. The zero-order valence-corrected chi connectivity index (χ0v) is 13.8. The van der Waals surface area contributed by atoms with Crippen molar-refractivity contribution >= 4 is 16.2 Å². The Hall–Kier alpha value is -2.52. The molecule has 0 spiro atoms. The molecule has 9 heteroatoms. The molecule has 24 heavy (non-hydrogen) atoms. The van der Waals surface area contributed by atoms with Gasteiger partial charge in [-0.05, 0) is 18.8 Å². The monoisotopic (exact) mass is 341 g/mol. The van der Waals surface area contributed by atoms with Crippen molar-refractivity contribution in [2.75, 3.05) is 0 Å². The van der Waals surface area contributed by atoms with Gasteiger partial charge in [0.05, 0.1) is 30.5 Å². The van der Waals surface area contributed by atoms with Gasteiger partial charge in [-0.15, -0.1) is 16.4 Å². The van der Waals surface area contributed by atoms with E-state index in [1.165, 1.54) is 17.7 Å². The number of aliphatic hydroxyl groups excluding tert-OH is 1. The predicted molar refractivity (Wildman–Crippen MR) is 87.2 cm³/mol. The van der Waals surface area contributed by atoms with E-state index in [1.807, 2.05) is 23.8 Å². The van der Waals surface area contributed by atoms with Gasteiger partial charge < -0.3 is 5.11 Å². The van der Waals surface area contributed by atoms with Gasteiger partial charge in [-0.3, -0.25) is 9.08 Å². The van der Waals surface area contributed by atoms with Crippen LogP contribution < -0.4 is 0 Å². The van der Waals surface area contributed by atoms with Crippen molar-refractivity contribution < 1.29 is 5.11 Å². The highest BCUT2D eigenvalue weighted by Gasteiger charge is 2.33. The predicted octanol–water partition coefficient (Wildman–Crippen LogP) is 1.67. The number of hydrogen-bond acceptors (Lipinski definition) is 6. The summed E-state index contributed by atoms with van der Waals surface area (Å²) in [4.78, 5) is 6.46. The van der Waals surface area contributed by atoms with E-state index in [0.29, 0.717) is 11.6 Å². The molecule has 0 aromatic carbocycles. The first-order valence-electron chi connectivity index (χ1n) is 7.74. The first kappa shape index (κ1) is 13.9. The Morgan fingerprint density at radius 1 is 1.29 bits per heavy atom. The molecule has 4 aromatic heterocycles. The van der Waals surface area contributed by atoms with Gasteiger partial charge in [0.15, 0.2) is 0 Å². The summed E-state index contributed by atoms with van der Waals surface area (Å²) < 4.78 is 5.29. The van der Waals surface area contributed by atoms with Crippen molar-refractivity contribution in [3.63, 3.8) is 0 Å². The molecule has 0 radical (unpaired) electrons. The van der Waals surface area contributed by atoms with Gasteiger partial charge in [-0.2, -0.15) is 5.10 Å². The average molecular weight is 341 g/mol. The highest BCUT2D eigenvalue weighted by Crippen LogP contribution is 2.47. The first-order chi connectivity index (χ1) is 11.7. The van der Waals surface area contributed by atoms with Crippen LogP contribution in [0, 0.1) is 0 Å². The van der Waals surface area contributed by atoms with Crippen LogP contribution in [0.3, 0.4) is 0 Å². The number of aromatic nitrogens is 7. The lowest BCUT2D eigenvalue weighted by atomic mass is 10.1. The molecule has 0 aliphatic heterocycles. The average Bonchev–Trinajstić information content (AvgIpc) is 3.00. The topological polar surface area (TPSA) is 86.1 Å². The van der Waals surface area contributed by atoms with E-state index in [0.717, 1.165) is 16.2 Å². The Bertz CT molecular complexity index is 1020. The summed E-state index contributed by atoms with van der Waals surface area (Å²) in [6, 6.07) is 0. The molecule has 0 amide bonds. The fourth-order valence-corrected chi connectivity index (χ4v) is 4.22. The molecule has 1 saturated carbocycles. The third-order valence-corrected chi connectivity index (χ3v) is 5.56. The van der Waals surface area contributed by atoms with Crippen molar-refractivity contribution in [2.45, 2.75) is 24.9 Å². The van der Waals surface area contributed by atoms with Crippen LogP contribution in [0.25, 0.3) is 10.5 Å². The van der Waals surface area contributed by atoms with Gasteiger partial charge in [0.25, 0.3) is 0 Å². The smallest absolute Gasteiger partial charge is 0.141 e. The second kappa shape index (κ2) is 4.99. The fraction of sp³-hybridized carbons (Fsp3) is 0.333. The summed E-state index contributed by atoms with van der Waals surface area (Å²) in [6.45, 7) is 0. The Kier molecular flexibility index (Phi) is 2.88. The number of aryl methyl sites for hydroxylation is 1. The van der Waals surface area contributed by atoms with E-state index >= 15 is 0 Å². The van der Waals surface area contributed by atoms with Crippen molar-refractivity contribution in [1.82, 2.24) is 34.2 Å². The molecule has 1 unspecified atom stereocenters. The van der Waals surface area contributed by atoms with Crippen molar-refractivity contribution in [2.24, 2.45) is 7.05 Å². The van der Waals surface area contributed by atoms with E-state index in [9.17, 15) is 5.11 Å². The minimum absolute atomic E-state index is 0.522. The number of aliphatic hydroxyl groups is 1. The van der Waals surface area contributed by atoms with Gasteiger partial charge in [0.2, 0.25) is 0 Å². The third-order valence-electron chi connectivity index (χ3n) is 4.29. The maximum atomic E-state index is 10.9. The zero-order valence-electron chi connectivity index (χ0n) is 12.9. The molecule has 4 heterocycles. The summed E-state index contributed by atoms with van der Waals surface area (Å²) in [6.07, 6.45) is 10.4. The van der Waals surface area contributed by atoms with E-state index in [-0.39, 0.29) is 0 Å². The van der Waals surface area contributed by atoms with Crippen molar-refractivity contribution in [3.05, 3.63) is 47.4 Å². The van der Waals surface area contributed by atoms with Crippen LogP contribution in [0.15, 0.2) is 31.1 Å². The number of imidazole rings is 1. The normalized spacial score (nSPS) is 16.1. The van der Waals surface area contributed by atoms with E-state index < -0.39 is 6.10 Å². The quantitative estimate of drug-likeness (QED) is 0.610. The van der Waals surface area contributed by atoms with E-state index in [4.69, 9.17) is 0 Å². The molecule has 1 aliphatic rings. The fourth-order valence-electron chi connectivity index (χ4n) is 2.92. The van der Waals surface area contributed by atoms with Gasteiger partial charge in [-0.1, -0.05) is 5.21 Å². The Morgan fingerprint density at radius 2 is 2.17 bits per heavy atom. The van der Waals surface area contributed by atoms with Gasteiger partial charge >= 0.3 is 0 Å². The van der Waals surface area contributed by atoms with Crippen LogP contribution in [0.5, 0.6) is 0 Å². The van der Waals surface area contributed by atoms with Crippen LogP contribution in [-0.2, 0) is 7.05 Å². The number of rotatable bonds is 4. The lowest BCUT2D eigenvalue weighted by molar-refractivity contribution is 0.208. The summed E-state index contributed by atoms with van der Waals surface area (Å²) in [5.41, 5.74) is 2.20. The molecular formula is C15H15N7OS. The molecule has 1 aliphatic carbocycles. The second-order valence-corrected chi connectivity index (χ2v) is 7.15. The number of nitrogens with zero attached hydrogens (tertiary/aromatic N) is 7. The van der Waals surface area contributed by atoms with Crippen LogP contribution in [0.4, 0.5) is 0 Å². The lowest BCUT2D eigenvalue weighted by Crippen LogP contribution is -2.06. The first-order valence-corrected chi connectivity index (χ1v) is 8.56. The molecule has 4 aromatic rings. The SMILES string of the molecule is Cn1cc(-n2cc(C(O)c3c(C4CC4)sc4cncn34)nn2)cn1. The van der Waals surface area contributed by atoms with E-state index in [1.54, 1.807) is 39.4 Å². The summed E-state index contributed by atoms with van der Waals surface area (Å²) in [5, 5.41) is 23.4. The molecule has 5 rings (SSSR count). The van der Waals surface area contributed by atoms with Crippen LogP contribution in [0.1, 0.15) is 41.1 Å². The minimum Gasteiger partial charge on any atom is -0.380 e. The summed E-state index contributed by atoms with van der Waals surface area (Å²) >= 11 is 1.70. The van der Waals surface area contributed by atoms with Crippen LogP contribution in [-0.4, -0.2) is 39.3 Å². The number of thiazole rings is 1. The molecule has 122 valence electrons. The molecule has 8 nitrogen and oxygen atoms in total. The van der Waals surface area contributed by atoms with Crippen molar-refractivity contribution in [1.29, 1.82) is 0 Å². The van der Waals surface area contributed by atoms with E-state index in [2.05, 4.69) is 20.4 Å². The lowest BCUT2D eigenvalue weighted by Gasteiger charge is -2.09. The summed E-state index contributed by atoms with van der Waals surface area (Å²) in [7, 11) is 1.85. The zero-order chi connectivity index (χ0) is 16.3. The maximum Gasteiger partial charge on any atom is 0.141 e. The number of hydrogen-bond donors (Lipinski definition) is 1. The standard InChI is InChI=1S/C15H15N7OS/c1-20-6-10(4-17-20)22-7-11(18-19-22)14(23)13-15(9-2-3-9)24-12-5-16-8-21(12)13/h4-9,14,23H,2-3H2,1H3. The molecular weight excluding hydrogens is 326 g/mol. The van der Waals surface area contributed by atoms with Crippen molar-refractivity contribution in [3.8, 4) is 5.69 Å². The highest BCUT2D eigenvalue weighted by molar-refractivity contribution is 7.17.